The number of aromatic nitrogens is 1. The van der Waals surface area contributed by atoms with Gasteiger partial charge in [0, 0.05) is 23.5 Å². The number of sulfonamides is 1. The van der Waals surface area contributed by atoms with Crippen LogP contribution in [0.15, 0.2) is 22.0 Å². The van der Waals surface area contributed by atoms with Crippen molar-refractivity contribution in [2.24, 2.45) is 0 Å². The molecule has 0 saturated heterocycles. The van der Waals surface area contributed by atoms with Crippen molar-refractivity contribution in [1.29, 1.82) is 0 Å². The highest BCUT2D eigenvalue weighted by atomic mass is 32.2. The molecule has 0 fully saturated rings. The molecule has 1 unspecified atom stereocenters. The van der Waals surface area contributed by atoms with Crippen LogP contribution in [-0.2, 0) is 22.2 Å². The quantitative estimate of drug-likeness (QED) is 0.873. The lowest BCUT2D eigenvalue weighted by Crippen LogP contribution is -2.38. The largest absolute Gasteiger partial charge is 0.361 e. The SMILES string of the molecule is Cc1cc(CS(=O)(=O)N2CCc3sccc3C2C)no1. The van der Waals surface area contributed by atoms with Crippen molar-refractivity contribution in [2.45, 2.75) is 32.1 Å². The number of nitrogens with zero attached hydrogens (tertiary/aromatic N) is 2. The summed E-state index contributed by atoms with van der Waals surface area (Å²) in [5.74, 6) is 0.524. The van der Waals surface area contributed by atoms with Crippen LogP contribution < -0.4 is 0 Å². The van der Waals surface area contributed by atoms with Gasteiger partial charge in [-0.1, -0.05) is 5.16 Å². The second-order valence-corrected chi connectivity index (χ2v) is 7.94. The summed E-state index contributed by atoms with van der Waals surface area (Å²) in [6.07, 6.45) is 0.786. The third-order valence-electron chi connectivity index (χ3n) is 3.59. The fourth-order valence-corrected chi connectivity index (χ4v) is 5.23. The van der Waals surface area contributed by atoms with E-state index < -0.39 is 10.0 Å². The average Bonchev–Trinajstić information content (AvgIpc) is 2.98. The van der Waals surface area contributed by atoms with Crippen LogP contribution in [0.5, 0.6) is 0 Å². The lowest BCUT2D eigenvalue weighted by Gasteiger charge is -2.32. The Kier molecular flexibility index (Phi) is 3.43. The molecule has 3 rings (SSSR count). The molecule has 0 saturated carbocycles. The van der Waals surface area contributed by atoms with Gasteiger partial charge in [-0.05, 0) is 37.3 Å². The molecule has 0 aromatic carbocycles. The molecule has 108 valence electrons. The maximum atomic E-state index is 12.6. The van der Waals surface area contributed by atoms with Gasteiger partial charge in [0.05, 0.1) is 0 Å². The third-order valence-corrected chi connectivity index (χ3v) is 6.46. The number of fused-ring (bicyclic) bond motifs is 1. The van der Waals surface area contributed by atoms with Crippen molar-refractivity contribution < 1.29 is 12.9 Å². The Morgan fingerprint density at radius 1 is 1.55 bits per heavy atom. The second kappa shape index (κ2) is 4.98. The summed E-state index contributed by atoms with van der Waals surface area (Å²) in [5.41, 5.74) is 1.59. The summed E-state index contributed by atoms with van der Waals surface area (Å²) < 4.78 is 31.6. The van der Waals surface area contributed by atoms with Crippen LogP contribution in [-0.4, -0.2) is 24.4 Å². The van der Waals surface area contributed by atoms with Crippen LogP contribution in [0, 0.1) is 6.92 Å². The molecule has 20 heavy (non-hydrogen) atoms. The predicted molar refractivity (Wildman–Crippen MR) is 77.0 cm³/mol. The van der Waals surface area contributed by atoms with Crippen LogP contribution >= 0.6 is 11.3 Å². The Morgan fingerprint density at radius 3 is 3.05 bits per heavy atom. The molecule has 0 spiro atoms. The highest BCUT2D eigenvalue weighted by Gasteiger charge is 2.33. The number of thiophene rings is 1. The molecule has 0 aliphatic carbocycles. The minimum absolute atomic E-state index is 0.103. The molecular formula is C13H16N2O3S2. The number of hydrogen-bond acceptors (Lipinski definition) is 5. The topological polar surface area (TPSA) is 63.4 Å². The van der Waals surface area contributed by atoms with Gasteiger partial charge in [-0.25, -0.2) is 8.42 Å². The van der Waals surface area contributed by atoms with Gasteiger partial charge in [0.1, 0.15) is 17.2 Å². The Labute approximate surface area is 122 Å². The van der Waals surface area contributed by atoms with Gasteiger partial charge in [0.15, 0.2) is 0 Å². The fraction of sp³-hybridized carbons (Fsp3) is 0.462. The van der Waals surface area contributed by atoms with Crippen LogP contribution in [0.2, 0.25) is 0 Å². The Bertz CT molecular complexity index is 718. The average molecular weight is 312 g/mol. The molecule has 0 amide bonds. The molecule has 2 aromatic rings. The molecular weight excluding hydrogens is 296 g/mol. The molecule has 7 heteroatoms. The van der Waals surface area contributed by atoms with Crippen molar-refractivity contribution in [2.75, 3.05) is 6.54 Å². The maximum Gasteiger partial charge on any atom is 0.220 e. The normalized spacial score (nSPS) is 20.0. The van der Waals surface area contributed by atoms with Gasteiger partial charge in [-0.3, -0.25) is 0 Å². The molecule has 3 heterocycles. The van der Waals surface area contributed by atoms with Crippen LogP contribution in [0.4, 0.5) is 0 Å². The van der Waals surface area contributed by atoms with Gasteiger partial charge >= 0.3 is 0 Å². The highest BCUT2D eigenvalue weighted by Crippen LogP contribution is 2.35. The second-order valence-electron chi connectivity index (χ2n) is 5.02. The van der Waals surface area contributed by atoms with Gasteiger partial charge in [-0.2, -0.15) is 4.31 Å². The van der Waals surface area contributed by atoms with E-state index in [0.29, 0.717) is 18.0 Å². The third kappa shape index (κ3) is 2.41. The van der Waals surface area contributed by atoms with Crippen molar-refractivity contribution in [3.63, 3.8) is 0 Å². The summed E-state index contributed by atoms with van der Waals surface area (Å²) in [6.45, 7) is 4.23. The van der Waals surface area contributed by atoms with Gasteiger partial charge in [0.25, 0.3) is 0 Å². The summed E-state index contributed by atoms with van der Waals surface area (Å²) in [7, 11) is -3.38. The molecule has 2 aromatic heterocycles. The summed E-state index contributed by atoms with van der Waals surface area (Å²) in [5, 5.41) is 5.80. The smallest absolute Gasteiger partial charge is 0.220 e. The first kappa shape index (κ1) is 13.8. The van der Waals surface area contributed by atoms with E-state index >= 15 is 0 Å². The fourth-order valence-electron chi connectivity index (χ4n) is 2.62. The zero-order valence-corrected chi connectivity index (χ0v) is 13.0. The first-order valence-corrected chi connectivity index (χ1v) is 8.94. The van der Waals surface area contributed by atoms with E-state index in [1.165, 1.54) is 4.88 Å². The molecule has 0 N–H and O–H groups in total. The van der Waals surface area contributed by atoms with E-state index in [1.807, 2.05) is 18.4 Å². The van der Waals surface area contributed by atoms with E-state index in [9.17, 15) is 8.42 Å². The summed E-state index contributed by atoms with van der Waals surface area (Å²) in [4.78, 5) is 1.29. The lowest BCUT2D eigenvalue weighted by atomic mass is 10.0. The van der Waals surface area contributed by atoms with Crippen molar-refractivity contribution in [3.05, 3.63) is 39.4 Å². The zero-order valence-electron chi connectivity index (χ0n) is 11.4. The number of hydrogen-bond donors (Lipinski definition) is 0. The van der Waals surface area contributed by atoms with Gasteiger partial charge < -0.3 is 4.52 Å². The van der Waals surface area contributed by atoms with E-state index in [1.54, 1.807) is 28.6 Å². The number of aryl methyl sites for hydroxylation is 1. The minimum Gasteiger partial charge on any atom is -0.361 e. The van der Waals surface area contributed by atoms with E-state index in [2.05, 4.69) is 5.16 Å². The predicted octanol–water partition coefficient (Wildman–Crippen LogP) is 2.49. The van der Waals surface area contributed by atoms with Crippen LogP contribution in [0.3, 0.4) is 0 Å². The molecule has 0 radical (unpaired) electrons. The van der Waals surface area contributed by atoms with Crippen molar-refractivity contribution in [1.82, 2.24) is 9.46 Å². The Hall–Kier alpha value is -1.18. The lowest BCUT2D eigenvalue weighted by molar-refractivity contribution is 0.327. The zero-order chi connectivity index (χ0) is 14.3. The highest BCUT2D eigenvalue weighted by molar-refractivity contribution is 7.88. The van der Waals surface area contributed by atoms with Gasteiger partial charge in [0.2, 0.25) is 10.0 Å². The first-order chi connectivity index (χ1) is 9.47. The summed E-state index contributed by atoms with van der Waals surface area (Å²) >= 11 is 1.70. The molecule has 1 aliphatic rings. The maximum absolute atomic E-state index is 12.6. The van der Waals surface area contributed by atoms with Crippen LogP contribution in [0.25, 0.3) is 0 Å². The monoisotopic (exact) mass is 312 g/mol. The van der Waals surface area contributed by atoms with E-state index in [-0.39, 0.29) is 11.8 Å². The molecule has 1 atom stereocenters. The van der Waals surface area contributed by atoms with Gasteiger partial charge in [-0.15, -0.1) is 11.3 Å². The van der Waals surface area contributed by atoms with Crippen molar-refractivity contribution >= 4 is 21.4 Å². The van der Waals surface area contributed by atoms with E-state index in [4.69, 9.17) is 4.52 Å². The van der Waals surface area contributed by atoms with Crippen molar-refractivity contribution in [3.8, 4) is 0 Å². The standard InChI is InChI=1S/C13H16N2O3S2/c1-9-7-11(14-18-9)8-20(16,17)15-5-3-13-12(10(15)2)4-6-19-13/h4,6-7,10H,3,5,8H2,1-2H3. The Balaban J connectivity index is 1.85. The van der Waals surface area contributed by atoms with E-state index in [0.717, 1.165) is 12.0 Å². The molecule has 5 nitrogen and oxygen atoms in total. The number of rotatable bonds is 3. The minimum atomic E-state index is -3.38. The molecule has 0 bridgehead atoms. The Morgan fingerprint density at radius 2 is 2.35 bits per heavy atom. The summed E-state index contributed by atoms with van der Waals surface area (Å²) in [6, 6.07) is 3.58. The van der Waals surface area contributed by atoms with Crippen LogP contribution in [0.1, 0.15) is 34.9 Å². The first-order valence-electron chi connectivity index (χ1n) is 6.45. The molecule has 1 aliphatic heterocycles.